The molecule has 0 spiro atoms. The van der Waals surface area contributed by atoms with Gasteiger partial charge < -0.3 is 14.2 Å². The number of cyclic esters (lactones) is 1. The van der Waals surface area contributed by atoms with Gasteiger partial charge in [-0.3, -0.25) is 9.59 Å². The van der Waals surface area contributed by atoms with Crippen molar-refractivity contribution in [2.24, 2.45) is 5.92 Å². The number of ether oxygens (including phenoxy) is 3. The molecule has 2 aromatic rings. The summed E-state index contributed by atoms with van der Waals surface area (Å²) in [5, 5.41) is 0. The summed E-state index contributed by atoms with van der Waals surface area (Å²) in [6.07, 6.45) is -5.73. The second-order valence-electron chi connectivity index (χ2n) is 5.91. The fourth-order valence-electron chi connectivity index (χ4n) is 2.87. The van der Waals surface area contributed by atoms with Crippen LogP contribution in [-0.4, -0.2) is 19.0 Å². The molecule has 0 N–H and O–H groups in total. The van der Waals surface area contributed by atoms with E-state index in [0.717, 1.165) is 18.2 Å². The molecule has 0 aromatic heterocycles. The molecule has 1 saturated heterocycles. The van der Waals surface area contributed by atoms with E-state index in [4.69, 9.17) is 14.2 Å². The standard InChI is InChI=1S/C19H15F3O5/c1-25-15-8-3-2-7-13(15)17-14(10-16(23)27-17)18(24)26-12-6-4-5-11(9-12)19(20,21)22/h2-9,14,17H,10H2,1H3/t14-,17+/m0/s1. The number of carbonyl (C=O) groups is 2. The number of carbonyl (C=O) groups excluding carboxylic acids is 2. The summed E-state index contributed by atoms with van der Waals surface area (Å²) >= 11 is 0. The molecular formula is C19H15F3O5. The lowest BCUT2D eigenvalue weighted by Crippen LogP contribution is -2.24. The molecule has 1 aliphatic heterocycles. The summed E-state index contributed by atoms with van der Waals surface area (Å²) in [6, 6.07) is 10.7. The number of benzene rings is 2. The Morgan fingerprint density at radius 3 is 2.59 bits per heavy atom. The zero-order valence-electron chi connectivity index (χ0n) is 14.2. The van der Waals surface area contributed by atoms with Crippen LogP contribution in [0.3, 0.4) is 0 Å². The highest BCUT2D eigenvalue weighted by atomic mass is 19.4. The number of esters is 2. The maximum absolute atomic E-state index is 12.8. The van der Waals surface area contributed by atoms with Gasteiger partial charge in [-0.15, -0.1) is 0 Å². The molecule has 5 nitrogen and oxygen atoms in total. The van der Waals surface area contributed by atoms with Gasteiger partial charge in [0.05, 0.1) is 19.1 Å². The lowest BCUT2D eigenvalue weighted by atomic mass is 9.94. The van der Waals surface area contributed by atoms with Crippen molar-refractivity contribution in [3.05, 3.63) is 59.7 Å². The van der Waals surface area contributed by atoms with Gasteiger partial charge in [0.25, 0.3) is 0 Å². The molecule has 2 aromatic carbocycles. The first-order valence-electron chi connectivity index (χ1n) is 8.01. The van der Waals surface area contributed by atoms with E-state index in [2.05, 4.69) is 0 Å². The highest BCUT2D eigenvalue weighted by Crippen LogP contribution is 2.40. The Kier molecular flexibility index (Phi) is 5.07. The van der Waals surface area contributed by atoms with Crippen LogP contribution in [0.15, 0.2) is 48.5 Å². The van der Waals surface area contributed by atoms with E-state index in [0.29, 0.717) is 11.3 Å². The van der Waals surface area contributed by atoms with Crippen molar-refractivity contribution >= 4 is 11.9 Å². The van der Waals surface area contributed by atoms with Gasteiger partial charge in [-0.05, 0) is 24.3 Å². The first-order valence-corrected chi connectivity index (χ1v) is 8.01. The number of hydrogen-bond donors (Lipinski definition) is 0. The largest absolute Gasteiger partial charge is 0.496 e. The van der Waals surface area contributed by atoms with Crippen LogP contribution in [0.4, 0.5) is 13.2 Å². The van der Waals surface area contributed by atoms with Crippen molar-refractivity contribution in [3.63, 3.8) is 0 Å². The molecule has 0 saturated carbocycles. The molecule has 0 bridgehead atoms. The fraction of sp³-hybridized carbons (Fsp3) is 0.263. The average molecular weight is 380 g/mol. The number of rotatable bonds is 4. The Labute approximate surface area is 152 Å². The summed E-state index contributed by atoms with van der Waals surface area (Å²) in [5.74, 6) is -2.28. The second kappa shape index (κ2) is 7.30. The summed E-state index contributed by atoms with van der Waals surface area (Å²) in [4.78, 5) is 24.3. The van der Waals surface area contributed by atoms with Crippen LogP contribution in [0.5, 0.6) is 11.5 Å². The van der Waals surface area contributed by atoms with E-state index >= 15 is 0 Å². The van der Waals surface area contributed by atoms with Gasteiger partial charge in [0.15, 0.2) is 0 Å². The van der Waals surface area contributed by atoms with E-state index in [1.807, 2.05) is 0 Å². The number of methoxy groups -OCH3 is 1. The number of alkyl halides is 3. The van der Waals surface area contributed by atoms with Gasteiger partial charge in [-0.25, -0.2) is 0 Å². The van der Waals surface area contributed by atoms with Crippen LogP contribution < -0.4 is 9.47 Å². The number of hydrogen-bond acceptors (Lipinski definition) is 5. The van der Waals surface area contributed by atoms with Crippen LogP contribution >= 0.6 is 0 Å². The minimum atomic E-state index is -4.56. The molecule has 0 amide bonds. The topological polar surface area (TPSA) is 61.8 Å². The predicted octanol–water partition coefficient (Wildman–Crippen LogP) is 3.92. The van der Waals surface area contributed by atoms with E-state index in [1.54, 1.807) is 24.3 Å². The number of halogens is 3. The highest BCUT2D eigenvalue weighted by molar-refractivity contribution is 5.85. The van der Waals surface area contributed by atoms with Gasteiger partial charge >= 0.3 is 18.1 Å². The molecule has 0 aliphatic carbocycles. The Hall–Kier alpha value is -3.03. The van der Waals surface area contributed by atoms with Gasteiger partial charge in [-0.1, -0.05) is 24.3 Å². The van der Waals surface area contributed by atoms with E-state index < -0.39 is 35.7 Å². The summed E-state index contributed by atoms with van der Waals surface area (Å²) in [6.45, 7) is 0. The van der Waals surface area contributed by atoms with Gasteiger partial charge in [0, 0.05) is 5.56 Å². The molecular weight excluding hydrogens is 365 g/mol. The zero-order chi connectivity index (χ0) is 19.6. The molecule has 1 heterocycles. The van der Waals surface area contributed by atoms with E-state index in [9.17, 15) is 22.8 Å². The Morgan fingerprint density at radius 1 is 1.15 bits per heavy atom. The quantitative estimate of drug-likeness (QED) is 0.594. The Bertz CT molecular complexity index is 862. The molecule has 27 heavy (non-hydrogen) atoms. The van der Waals surface area contributed by atoms with Crippen LogP contribution in [0.25, 0.3) is 0 Å². The third kappa shape index (κ3) is 4.05. The van der Waals surface area contributed by atoms with Gasteiger partial charge in [0.2, 0.25) is 0 Å². The Balaban J connectivity index is 1.84. The van der Waals surface area contributed by atoms with Crippen LogP contribution in [0, 0.1) is 5.92 Å². The third-order valence-electron chi connectivity index (χ3n) is 4.14. The molecule has 0 radical (unpaired) electrons. The second-order valence-corrected chi connectivity index (χ2v) is 5.91. The van der Waals surface area contributed by atoms with E-state index in [1.165, 1.54) is 13.2 Å². The predicted molar refractivity (Wildman–Crippen MR) is 87.0 cm³/mol. The van der Waals surface area contributed by atoms with E-state index in [-0.39, 0.29) is 12.2 Å². The summed E-state index contributed by atoms with van der Waals surface area (Å²) < 4.78 is 54.0. The molecule has 0 unspecified atom stereocenters. The zero-order valence-corrected chi connectivity index (χ0v) is 14.2. The average Bonchev–Trinajstić information content (AvgIpc) is 3.03. The molecule has 1 aliphatic rings. The molecule has 3 rings (SSSR count). The Morgan fingerprint density at radius 2 is 1.89 bits per heavy atom. The normalized spacial score (nSPS) is 19.5. The SMILES string of the molecule is COc1ccccc1[C@H]1OC(=O)C[C@@H]1C(=O)Oc1cccc(C(F)(F)F)c1. The maximum Gasteiger partial charge on any atom is 0.416 e. The van der Waals surface area contributed by atoms with Crippen LogP contribution in [0.1, 0.15) is 23.7 Å². The van der Waals surface area contributed by atoms with Gasteiger partial charge in [-0.2, -0.15) is 13.2 Å². The third-order valence-corrected chi connectivity index (χ3v) is 4.14. The summed E-state index contributed by atoms with van der Waals surface area (Å²) in [7, 11) is 1.44. The number of para-hydroxylation sites is 1. The monoisotopic (exact) mass is 380 g/mol. The van der Waals surface area contributed by atoms with Gasteiger partial charge in [0.1, 0.15) is 23.5 Å². The van der Waals surface area contributed by atoms with Crippen molar-refractivity contribution < 1.29 is 37.0 Å². The van der Waals surface area contributed by atoms with Crippen LogP contribution in [-0.2, 0) is 20.5 Å². The van der Waals surface area contributed by atoms with Crippen molar-refractivity contribution in [1.29, 1.82) is 0 Å². The lowest BCUT2D eigenvalue weighted by Gasteiger charge is -2.19. The van der Waals surface area contributed by atoms with Crippen molar-refractivity contribution in [2.45, 2.75) is 18.7 Å². The van der Waals surface area contributed by atoms with Crippen molar-refractivity contribution in [2.75, 3.05) is 7.11 Å². The first kappa shape index (κ1) is 18.8. The smallest absolute Gasteiger partial charge is 0.416 e. The van der Waals surface area contributed by atoms with Crippen LogP contribution in [0.2, 0.25) is 0 Å². The van der Waals surface area contributed by atoms with Crippen molar-refractivity contribution in [3.8, 4) is 11.5 Å². The maximum atomic E-state index is 12.8. The first-order chi connectivity index (χ1) is 12.8. The lowest BCUT2D eigenvalue weighted by molar-refractivity contribution is -0.144. The van der Waals surface area contributed by atoms with Crippen molar-refractivity contribution in [1.82, 2.24) is 0 Å². The highest BCUT2D eigenvalue weighted by Gasteiger charge is 2.43. The molecule has 142 valence electrons. The minimum absolute atomic E-state index is 0.236. The molecule has 2 atom stereocenters. The molecule has 8 heteroatoms. The summed E-state index contributed by atoms with van der Waals surface area (Å²) in [5.41, 5.74) is -0.454. The fourth-order valence-corrected chi connectivity index (χ4v) is 2.87. The molecule has 1 fully saturated rings. The minimum Gasteiger partial charge on any atom is -0.496 e.